The van der Waals surface area contributed by atoms with Gasteiger partial charge in [-0.05, 0) is 37.4 Å². The van der Waals surface area contributed by atoms with Crippen LogP contribution >= 0.6 is 35.6 Å². The third-order valence-electron chi connectivity index (χ3n) is 4.46. The molecular formula is C18H30ClIN4O. The van der Waals surface area contributed by atoms with Crippen molar-refractivity contribution in [3.63, 3.8) is 0 Å². The average Bonchev–Trinajstić information content (AvgIpc) is 3.05. The molecule has 142 valence electrons. The molecule has 7 heteroatoms. The normalized spacial score (nSPS) is 18.0. The molecule has 2 N–H and O–H groups in total. The molecule has 1 aliphatic rings. The minimum atomic E-state index is 0. The topological polar surface area (TPSA) is 48.9 Å². The van der Waals surface area contributed by atoms with Crippen LogP contribution in [-0.2, 0) is 11.2 Å². The zero-order valence-electron chi connectivity index (χ0n) is 15.1. The van der Waals surface area contributed by atoms with Gasteiger partial charge in [-0.2, -0.15) is 0 Å². The van der Waals surface area contributed by atoms with Gasteiger partial charge in [0.25, 0.3) is 0 Å². The van der Waals surface area contributed by atoms with Crippen molar-refractivity contribution in [3.05, 3.63) is 34.9 Å². The number of guanidine groups is 1. The third-order valence-corrected chi connectivity index (χ3v) is 4.82. The lowest BCUT2D eigenvalue weighted by Crippen LogP contribution is -2.45. The quantitative estimate of drug-likeness (QED) is 0.341. The van der Waals surface area contributed by atoms with E-state index in [0.717, 1.165) is 55.8 Å². The Bertz CT molecular complexity index is 530. The van der Waals surface area contributed by atoms with E-state index in [1.807, 2.05) is 25.2 Å². The van der Waals surface area contributed by atoms with E-state index in [4.69, 9.17) is 16.3 Å². The summed E-state index contributed by atoms with van der Waals surface area (Å²) in [6, 6.07) is 8.52. The molecule has 0 aromatic heterocycles. The number of aliphatic imine (C=N–C) groups is 1. The van der Waals surface area contributed by atoms with Crippen molar-refractivity contribution in [2.75, 3.05) is 46.9 Å². The molecule has 25 heavy (non-hydrogen) atoms. The number of nitrogens with zero attached hydrogens (tertiary/aromatic N) is 2. The molecule has 1 unspecified atom stereocenters. The summed E-state index contributed by atoms with van der Waals surface area (Å²) in [5.74, 6) is 0.848. The minimum absolute atomic E-state index is 0. The zero-order chi connectivity index (χ0) is 17.2. The van der Waals surface area contributed by atoms with E-state index in [2.05, 4.69) is 26.6 Å². The standard InChI is InChI=1S/C18H29ClN4O.HI/c1-20-18(21-10-9-15-6-3-4-8-17(15)19)22-14-16-7-5-11-23(16)12-13-24-2;/h3-4,6,8,16H,5,7,9-14H2,1-2H3,(H2,20,21,22);1H. The summed E-state index contributed by atoms with van der Waals surface area (Å²) in [6.07, 6.45) is 3.37. The molecule has 1 aliphatic heterocycles. The van der Waals surface area contributed by atoms with Gasteiger partial charge in [0.2, 0.25) is 0 Å². The molecule has 1 atom stereocenters. The molecule has 1 saturated heterocycles. The summed E-state index contributed by atoms with van der Waals surface area (Å²) >= 11 is 6.19. The summed E-state index contributed by atoms with van der Waals surface area (Å²) in [4.78, 5) is 6.80. The first-order valence-electron chi connectivity index (χ1n) is 8.65. The minimum Gasteiger partial charge on any atom is -0.383 e. The fourth-order valence-corrected chi connectivity index (χ4v) is 3.31. The highest BCUT2D eigenvalue weighted by Gasteiger charge is 2.23. The zero-order valence-corrected chi connectivity index (χ0v) is 18.2. The molecule has 2 rings (SSSR count). The predicted octanol–water partition coefficient (Wildman–Crippen LogP) is 2.78. The second-order valence-corrected chi connectivity index (χ2v) is 6.45. The van der Waals surface area contributed by atoms with Crippen LogP contribution in [0.2, 0.25) is 5.02 Å². The Hall–Kier alpha value is -0.570. The van der Waals surface area contributed by atoms with E-state index in [1.165, 1.54) is 12.8 Å². The maximum Gasteiger partial charge on any atom is 0.191 e. The Labute approximate surface area is 173 Å². The molecule has 0 radical (unpaired) electrons. The lowest BCUT2D eigenvalue weighted by molar-refractivity contribution is 0.141. The fourth-order valence-electron chi connectivity index (χ4n) is 3.08. The van der Waals surface area contributed by atoms with E-state index >= 15 is 0 Å². The second-order valence-electron chi connectivity index (χ2n) is 6.05. The highest BCUT2D eigenvalue weighted by atomic mass is 127. The maximum atomic E-state index is 6.19. The van der Waals surface area contributed by atoms with E-state index in [0.29, 0.717) is 6.04 Å². The summed E-state index contributed by atoms with van der Waals surface area (Å²) in [6.45, 7) is 4.67. The van der Waals surface area contributed by atoms with Crippen molar-refractivity contribution >= 4 is 41.5 Å². The van der Waals surface area contributed by atoms with Gasteiger partial charge in [-0.3, -0.25) is 9.89 Å². The van der Waals surface area contributed by atoms with Crippen molar-refractivity contribution in [3.8, 4) is 0 Å². The molecule has 0 aliphatic carbocycles. The second kappa shape index (κ2) is 12.7. The van der Waals surface area contributed by atoms with E-state index in [-0.39, 0.29) is 24.0 Å². The predicted molar refractivity (Wildman–Crippen MR) is 116 cm³/mol. The monoisotopic (exact) mass is 480 g/mol. The van der Waals surface area contributed by atoms with Crippen LogP contribution in [0.5, 0.6) is 0 Å². The Morgan fingerprint density at radius 3 is 2.88 bits per heavy atom. The van der Waals surface area contributed by atoms with Crippen LogP contribution in [0.4, 0.5) is 0 Å². The van der Waals surface area contributed by atoms with Crippen molar-refractivity contribution in [2.45, 2.75) is 25.3 Å². The smallest absolute Gasteiger partial charge is 0.191 e. The highest BCUT2D eigenvalue weighted by molar-refractivity contribution is 14.0. The molecule has 1 fully saturated rings. The number of nitrogens with one attached hydrogen (secondary N) is 2. The van der Waals surface area contributed by atoms with E-state index in [9.17, 15) is 0 Å². The van der Waals surface area contributed by atoms with Crippen LogP contribution < -0.4 is 10.6 Å². The van der Waals surface area contributed by atoms with Gasteiger partial charge in [0.05, 0.1) is 6.61 Å². The van der Waals surface area contributed by atoms with Crippen molar-refractivity contribution < 1.29 is 4.74 Å². The number of ether oxygens (including phenoxy) is 1. The molecule has 1 aromatic carbocycles. The number of benzene rings is 1. The molecule has 5 nitrogen and oxygen atoms in total. The molecular weight excluding hydrogens is 451 g/mol. The number of likely N-dealkylation sites (tertiary alicyclic amines) is 1. The number of rotatable bonds is 8. The largest absolute Gasteiger partial charge is 0.383 e. The van der Waals surface area contributed by atoms with Crippen LogP contribution in [0.1, 0.15) is 18.4 Å². The first-order chi connectivity index (χ1) is 11.7. The Balaban J connectivity index is 0.00000312. The van der Waals surface area contributed by atoms with Crippen molar-refractivity contribution in [1.29, 1.82) is 0 Å². The highest BCUT2D eigenvalue weighted by Crippen LogP contribution is 2.16. The van der Waals surface area contributed by atoms with Gasteiger partial charge in [-0.1, -0.05) is 29.8 Å². The van der Waals surface area contributed by atoms with E-state index < -0.39 is 0 Å². The molecule has 1 heterocycles. The Kier molecular flexibility index (Phi) is 11.4. The Morgan fingerprint density at radius 1 is 1.36 bits per heavy atom. The van der Waals surface area contributed by atoms with Crippen LogP contribution in [-0.4, -0.2) is 63.8 Å². The maximum absolute atomic E-state index is 6.19. The Morgan fingerprint density at radius 2 is 2.16 bits per heavy atom. The summed E-state index contributed by atoms with van der Waals surface area (Å²) in [7, 11) is 3.57. The van der Waals surface area contributed by atoms with Crippen LogP contribution in [0.3, 0.4) is 0 Å². The first-order valence-corrected chi connectivity index (χ1v) is 9.03. The van der Waals surface area contributed by atoms with Gasteiger partial charge < -0.3 is 15.4 Å². The summed E-state index contributed by atoms with van der Waals surface area (Å²) < 4.78 is 5.19. The first kappa shape index (κ1) is 22.5. The SMILES string of the molecule is CN=C(NCCc1ccccc1Cl)NCC1CCCN1CCOC.I. The average molecular weight is 481 g/mol. The van der Waals surface area contributed by atoms with Gasteiger partial charge in [0.15, 0.2) is 5.96 Å². The molecule has 0 bridgehead atoms. The van der Waals surface area contributed by atoms with Gasteiger partial charge in [-0.25, -0.2) is 0 Å². The van der Waals surface area contributed by atoms with Crippen molar-refractivity contribution in [1.82, 2.24) is 15.5 Å². The van der Waals surface area contributed by atoms with Gasteiger partial charge in [-0.15, -0.1) is 24.0 Å². The summed E-state index contributed by atoms with van der Waals surface area (Å²) in [5.41, 5.74) is 1.16. The lowest BCUT2D eigenvalue weighted by Gasteiger charge is -2.25. The van der Waals surface area contributed by atoms with Gasteiger partial charge >= 0.3 is 0 Å². The van der Waals surface area contributed by atoms with Gasteiger partial charge in [0, 0.05) is 44.9 Å². The fraction of sp³-hybridized carbons (Fsp3) is 0.611. The third kappa shape index (κ3) is 7.68. The van der Waals surface area contributed by atoms with Crippen LogP contribution in [0.15, 0.2) is 29.3 Å². The number of methoxy groups -OCH3 is 1. The van der Waals surface area contributed by atoms with Crippen molar-refractivity contribution in [2.24, 2.45) is 4.99 Å². The number of hydrogen-bond acceptors (Lipinski definition) is 3. The molecule has 1 aromatic rings. The lowest BCUT2D eigenvalue weighted by atomic mass is 10.1. The van der Waals surface area contributed by atoms with E-state index in [1.54, 1.807) is 7.11 Å². The molecule has 0 amide bonds. The molecule has 0 saturated carbocycles. The van der Waals surface area contributed by atoms with Crippen LogP contribution in [0.25, 0.3) is 0 Å². The number of hydrogen-bond donors (Lipinski definition) is 2. The number of halogens is 2. The van der Waals surface area contributed by atoms with Gasteiger partial charge in [0.1, 0.15) is 0 Å². The summed E-state index contributed by atoms with van der Waals surface area (Å²) in [5, 5.41) is 7.63. The molecule has 0 spiro atoms. The van der Waals surface area contributed by atoms with Crippen LogP contribution in [0, 0.1) is 0 Å².